The largest absolute Gasteiger partial charge is 0.322 e. The number of benzene rings is 1. The number of amides is 2. The Morgan fingerprint density at radius 2 is 1.95 bits per heavy atom. The quantitative estimate of drug-likeness (QED) is 0.928. The van der Waals surface area contributed by atoms with Crippen molar-refractivity contribution in [1.82, 2.24) is 4.90 Å². The van der Waals surface area contributed by atoms with Crippen LogP contribution in [0.15, 0.2) is 24.3 Å². The molecule has 1 aliphatic rings. The van der Waals surface area contributed by atoms with Gasteiger partial charge in [0, 0.05) is 29.6 Å². The molecule has 1 heterocycles. The molecule has 19 heavy (non-hydrogen) atoms. The van der Waals surface area contributed by atoms with Gasteiger partial charge in [-0.2, -0.15) is 0 Å². The van der Waals surface area contributed by atoms with E-state index in [9.17, 15) is 13.2 Å². The maximum absolute atomic E-state index is 11.8. The summed E-state index contributed by atoms with van der Waals surface area (Å²) in [6.07, 6.45) is 0. The SMILES string of the molecule is CCS(=O)(=O)C1CN(C(=O)Nc2ccc(Cl)cc2)C1. The average Bonchev–Trinajstić information content (AvgIpc) is 2.30. The van der Waals surface area contributed by atoms with Crippen molar-refractivity contribution >= 4 is 33.2 Å². The molecule has 1 aliphatic heterocycles. The second-order valence-corrected chi connectivity index (χ2v) is 7.42. The number of nitrogens with one attached hydrogen (secondary N) is 1. The third-order valence-electron chi connectivity index (χ3n) is 3.14. The van der Waals surface area contributed by atoms with Crippen molar-refractivity contribution in [2.24, 2.45) is 0 Å². The number of urea groups is 1. The van der Waals surface area contributed by atoms with Gasteiger partial charge in [0.1, 0.15) is 0 Å². The maximum atomic E-state index is 11.8. The number of carbonyl (C=O) groups excluding carboxylic acids is 1. The third kappa shape index (κ3) is 3.19. The highest BCUT2D eigenvalue weighted by Crippen LogP contribution is 2.19. The standard InChI is InChI=1S/C12H15ClN2O3S/c1-2-19(17,18)11-7-15(8-11)12(16)14-10-5-3-9(13)4-6-10/h3-6,11H,2,7-8H2,1H3,(H,14,16). The lowest BCUT2D eigenvalue weighted by atomic mass is 10.2. The Bertz CT molecular complexity index is 565. The molecule has 0 atom stereocenters. The summed E-state index contributed by atoms with van der Waals surface area (Å²) in [5, 5.41) is 2.87. The van der Waals surface area contributed by atoms with Crippen molar-refractivity contribution in [1.29, 1.82) is 0 Å². The van der Waals surface area contributed by atoms with Crippen molar-refractivity contribution in [3.63, 3.8) is 0 Å². The van der Waals surface area contributed by atoms with Crippen LogP contribution in [0.4, 0.5) is 10.5 Å². The van der Waals surface area contributed by atoms with Gasteiger partial charge >= 0.3 is 6.03 Å². The predicted octanol–water partition coefficient (Wildman–Crippen LogP) is 1.99. The van der Waals surface area contributed by atoms with Gasteiger partial charge in [-0.15, -0.1) is 0 Å². The molecular formula is C12H15ClN2O3S. The van der Waals surface area contributed by atoms with Crippen molar-refractivity contribution in [3.05, 3.63) is 29.3 Å². The van der Waals surface area contributed by atoms with E-state index < -0.39 is 15.1 Å². The second kappa shape index (κ2) is 5.38. The fraction of sp³-hybridized carbons (Fsp3) is 0.417. The molecular weight excluding hydrogens is 288 g/mol. The Hall–Kier alpha value is -1.27. The summed E-state index contributed by atoms with van der Waals surface area (Å²) in [7, 11) is -3.05. The van der Waals surface area contributed by atoms with Crippen LogP contribution >= 0.6 is 11.6 Å². The van der Waals surface area contributed by atoms with Gasteiger partial charge in [0.2, 0.25) is 0 Å². The summed E-state index contributed by atoms with van der Waals surface area (Å²) in [4.78, 5) is 13.3. The number of carbonyl (C=O) groups is 1. The summed E-state index contributed by atoms with van der Waals surface area (Å²) < 4.78 is 23.1. The van der Waals surface area contributed by atoms with Crippen LogP contribution < -0.4 is 5.32 Å². The van der Waals surface area contributed by atoms with Crippen LogP contribution in [0, 0.1) is 0 Å². The van der Waals surface area contributed by atoms with Gasteiger partial charge in [0.05, 0.1) is 5.25 Å². The van der Waals surface area contributed by atoms with Crippen LogP contribution in [-0.2, 0) is 9.84 Å². The summed E-state index contributed by atoms with van der Waals surface area (Å²) >= 11 is 5.74. The molecule has 0 radical (unpaired) electrons. The van der Waals surface area contributed by atoms with Crippen molar-refractivity contribution < 1.29 is 13.2 Å². The topological polar surface area (TPSA) is 66.5 Å². The van der Waals surface area contributed by atoms with Gasteiger partial charge in [-0.25, -0.2) is 13.2 Å². The molecule has 0 saturated carbocycles. The molecule has 7 heteroatoms. The Labute approximate surface area is 117 Å². The molecule has 1 N–H and O–H groups in total. The van der Waals surface area contributed by atoms with Crippen LogP contribution in [0.2, 0.25) is 5.02 Å². The molecule has 2 amide bonds. The van der Waals surface area contributed by atoms with E-state index in [4.69, 9.17) is 11.6 Å². The second-order valence-electron chi connectivity index (χ2n) is 4.42. The number of anilines is 1. The molecule has 2 rings (SSSR count). The smallest absolute Gasteiger partial charge is 0.321 e. The molecule has 0 spiro atoms. The number of sulfone groups is 1. The van der Waals surface area contributed by atoms with Gasteiger partial charge in [0.15, 0.2) is 9.84 Å². The number of rotatable bonds is 3. The summed E-state index contributed by atoms with van der Waals surface area (Å²) in [5.41, 5.74) is 0.635. The monoisotopic (exact) mass is 302 g/mol. The summed E-state index contributed by atoms with van der Waals surface area (Å²) in [6, 6.07) is 6.46. The van der Waals surface area contributed by atoms with E-state index in [2.05, 4.69) is 5.32 Å². The van der Waals surface area contributed by atoms with Crippen LogP contribution in [-0.4, -0.2) is 43.4 Å². The molecule has 1 fully saturated rings. The van der Waals surface area contributed by atoms with Crippen molar-refractivity contribution in [3.8, 4) is 0 Å². The first-order valence-electron chi connectivity index (χ1n) is 5.95. The fourth-order valence-corrected chi connectivity index (χ4v) is 3.21. The fourth-order valence-electron chi connectivity index (χ4n) is 1.80. The minimum Gasteiger partial charge on any atom is -0.322 e. The van der Waals surface area contributed by atoms with Gasteiger partial charge in [-0.3, -0.25) is 0 Å². The van der Waals surface area contributed by atoms with Gasteiger partial charge in [-0.1, -0.05) is 18.5 Å². The van der Waals surface area contributed by atoms with Crippen molar-refractivity contribution in [2.75, 3.05) is 24.2 Å². The van der Waals surface area contributed by atoms with E-state index in [0.29, 0.717) is 10.7 Å². The number of hydrogen-bond donors (Lipinski definition) is 1. The van der Waals surface area contributed by atoms with Crippen LogP contribution in [0.5, 0.6) is 0 Å². The first-order valence-corrected chi connectivity index (χ1v) is 8.05. The normalized spacial score (nSPS) is 16.0. The zero-order valence-corrected chi connectivity index (χ0v) is 12.0. The Kier molecular flexibility index (Phi) is 4.01. The molecule has 0 aromatic heterocycles. The van der Waals surface area contributed by atoms with E-state index in [1.165, 1.54) is 4.90 Å². The molecule has 5 nitrogen and oxygen atoms in total. The van der Waals surface area contributed by atoms with E-state index >= 15 is 0 Å². The highest BCUT2D eigenvalue weighted by molar-refractivity contribution is 7.92. The molecule has 0 bridgehead atoms. The molecule has 1 aromatic rings. The number of hydrogen-bond acceptors (Lipinski definition) is 3. The highest BCUT2D eigenvalue weighted by Gasteiger charge is 2.38. The average molecular weight is 303 g/mol. The minimum atomic E-state index is -3.05. The maximum Gasteiger partial charge on any atom is 0.321 e. The summed E-state index contributed by atoms with van der Waals surface area (Å²) in [5.74, 6) is 0.115. The number of halogens is 1. The first kappa shape index (κ1) is 14.1. The van der Waals surface area contributed by atoms with E-state index in [1.54, 1.807) is 31.2 Å². The molecule has 0 unspecified atom stereocenters. The Morgan fingerprint density at radius 3 is 2.47 bits per heavy atom. The Balaban J connectivity index is 1.89. The van der Waals surface area contributed by atoms with E-state index in [0.717, 1.165) is 0 Å². The lowest BCUT2D eigenvalue weighted by Crippen LogP contribution is -2.58. The lowest BCUT2D eigenvalue weighted by molar-refractivity contribution is 0.182. The van der Waals surface area contributed by atoms with Gasteiger partial charge < -0.3 is 10.2 Å². The van der Waals surface area contributed by atoms with Gasteiger partial charge in [-0.05, 0) is 24.3 Å². The first-order chi connectivity index (χ1) is 8.92. The van der Waals surface area contributed by atoms with Crippen LogP contribution in [0.25, 0.3) is 0 Å². The van der Waals surface area contributed by atoms with E-state index in [-0.39, 0.29) is 24.9 Å². The Morgan fingerprint density at radius 1 is 1.37 bits per heavy atom. The van der Waals surface area contributed by atoms with Crippen LogP contribution in [0.3, 0.4) is 0 Å². The lowest BCUT2D eigenvalue weighted by Gasteiger charge is -2.38. The zero-order chi connectivity index (χ0) is 14.0. The summed E-state index contributed by atoms with van der Waals surface area (Å²) in [6.45, 7) is 2.14. The van der Waals surface area contributed by atoms with Crippen LogP contribution in [0.1, 0.15) is 6.92 Å². The number of likely N-dealkylation sites (tertiary alicyclic amines) is 1. The molecule has 1 aromatic carbocycles. The molecule has 104 valence electrons. The van der Waals surface area contributed by atoms with Crippen molar-refractivity contribution in [2.45, 2.75) is 12.2 Å². The molecule has 1 saturated heterocycles. The molecule has 0 aliphatic carbocycles. The predicted molar refractivity (Wildman–Crippen MR) is 75.3 cm³/mol. The zero-order valence-electron chi connectivity index (χ0n) is 10.5. The van der Waals surface area contributed by atoms with Gasteiger partial charge in [0.25, 0.3) is 0 Å². The minimum absolute atomic E-state index is 0.115. The third-order valence-corrected chi connectivity index (χ3v) is 5.51. The highest BCUT2D eigenvalue weighted by atomic mass is 35.5. The van der Waals surface area contributed by atoms with E-state index in [1.807, 2.05) is 0 Å². The number of nitrogens with zero attached hydrogens (tertiary/aromatic N) is 1.